The Hall–Kier alpha value is -0.120. The first-order valence-electron chi connectivity index (χ1n) is 9.03. The smallest absolute Gasteiger partial charge is 0.102 e. The fourth-order valence-corrected chi connectivity index (χ4v) is 2.12. The van der Waals surface area contributed by atoms with Gasteiger partial charge in [0.1, 0.15) is 6.23 Å². The highest BCUT2D eigenvalue weighted by Gasteiger charge is 2.25. The maximum absolute atomic E-state index is 9.41. The summed E-state index contributed by atoms with van der Waals surface area (Å²) in [7, 11) is 1.74. The van der Waals surface area contributed by atoms with Gasteiger partial charge in [0.05, 0.1) is 6.10 Å². The Bertz CT molecular complexity index is 148. The van der Waals surface area contributed by atoms with Crippen molar-refractivity contribution >= 4 is 0 Å². The molecule has 0 saturated heterocycles. The first-order valence-corrected chi connectivity index (χ1v) is 9.03. The Morgan fingerprint density at radius 2 is 1.38 bits per heavy atom. The first kappa shape index (κ1) is 29.0. The zero-order valence-electron chi connectivity index (χ0n) is 16.8. The van der Waals surface area contributed by atoms with Crippen molar-refractivity contribution in [3.05, 3.63) is 0 Å². The standard InChI is InChI=1S/C12H27NO2.3C2H6/c1-6-8-9(3)12(13-10(4)14)11(7-2)15-5;3*1-2/h9-14H,6-8H2,1-5H3;3*1-2H3. The van der Waals surface area contributed by atoms with E-state index in [-0.39, 0.29) is 12.1 Å². The predicted octanol–water partition coefficient (Wildman–Crippen LogP) is 5.22. The minimum Gasteiger partial charge on any atom is -0.380 e. The van der Waals surface area contributed by atoms with Gasteiger partial charge in [0.25, 0.3) is 0 Å². The lowest BCUT2D eigenvalue weighted by Gasteiger charge is -2.32. The van der Waals surface area contributed by atoms with Crippen molar-refractivity contribution in [1.29, 1.82) is 0 Å². The molecule has 0 spiro atoms. The van der Waals surface area contributed by atoms with Gasteiger partial charge in [-0.15, -0.1) is 0 Å². The Kier molecular flexibility index (Phi) is 34.3. The second-order valence-electron chi connectivity index (χ2n) is 4.32. The summed E-state index contributed by atoms with van der Waals surface area (Å²) < 4.78 is 5.46. The van der Waals surface area contributed by atoms with E-state index < -0.39 is 6.23 Å². The van der Waals surface area contributed by atoms with E-state index in [1.54, 1.807) is 14.0 Å². The lowest BCUT2D eigenvalue weighted by Crippen LogP contribution is -2.48. The molecule has 0 aliphatic rings. The minimum absolute atomic E-state index is 0.182. The molecule has 0 heterocycles. The molecule has 134 valence electrons. The van der Waals surface area contributed by atoms with Crippen molar-refractivity contribution in [3.63, 3.8) is 0 Å². The highest BCUT2D eigenvalue weighted by atomic mass is 16.5. The van der Waals surface area contributed by atoms with Gasteiger partial charge < -0.3 is 9.84 Å². The molecule has 2 N–H and O–H groups in total. The van der Waals surface area contributed by atoms with Crippen LogP contribution in [0.25, 0.3) is 0 Å². The van der Waals surface area contributed by atoms with Crippen molar-refractivity contribution in [3.8, 4) is 0 Å². The molecule has 3 heteroatoms. The summed E-state index contributed by atoms with van der Waals surface area (Å²) in [5, 5.41) is 12.6. The highest BCUT2D eigenvalue weighted by molar-refractivity contribution is 4.81. The van der Waals surface area contributed by atoms with Crippen LogP contribution < -0.4 is 5.32 Å². The molecule has 0 fully saturated rings. The molecule has 0 saturated carbocycles. The molecular formula is C18H45NO2. The fraction of sp³-hybridized carbons (Fsp3) is 1.00. The van der Waals surface area contributed by atoms with Crippen LogP contribution in [0.15, 0.2) is 0 Å². The van der Waals surface area contributed by atoms with Gasteiger partial charge in [0.15, 0.2) is 0 Å². The molecule has 0 aromatic heterocycles. The van der Waals surface area contributed by atoms with Gasteiger partial charge in [-0.05, 0) is 25.7 Å². The second kappa shape index (κ2) is 24.9. The van der Waals surface area contributed by atoms with Crippen LogP contribution in [0.1, 0.15) is 88.5 Å². The summed E-state index contributed by atoms with van der Waals surface area (Å²) in [6.07, 6.45) is 3.00. The number of methoxy groups -OCH3 is 1. The number of aliphatic hydroxyl groups is 1. The number of hydrogen-bond donors (Lipinski definition) is 2. The number of aliphatic hydroxyl groups excluding tert-OH is 1. The lowest BCUT2D eigenvalue weighted by atomic mass is 9.91. The quantitative estimate of drug-likeness (QED) is 0.604. The molecule has 0 aliphatic carbocycles. The maximum atomic E-state index is 9.41. The molecule has 0 radical (unpaired) electrons. The van der Waals surface area contributed by atoms with Gasteiger partial charge in [0.2, 0.25) is 0 Å². The van der Waals surface area contributed by atoms with E-state index in [2.05, 4.69) is 26.1 Å². The van der Waals surface area contributed by atoms with Crippen LogP contribution in [0.2, 0.25) is 0 Å². The van der Waals surface area contributed by atoms with E-state index in [9.17, 15) is 5.11 Å². The Balaban J connectivity index is -0.000000212. The largest absolute Gasteiger partial charge is 0.380 e. The van der Waals surface area contributed by atoms with Crippen LogP contribution in [-0.4, -0.2) is 30.6 Å². The van der Waals surface area contributed by atoms with Gasteiger partial charge in [0, 0.05) is 13.2 Å². The monoisotopic (exact) mass is 307 g/mol. The summed E-state index contributed by atoms with van der Waals surface area (Å²) in [4.78, 5) is 0. The van der Waals surface area contributed by atoms with Crippen molar-refractivity contribution < 1.29 is 9.84 Å². The molecular weight excluding hydrogens is 262 g/mol. The normalized spacial score (nSPS) is 14.9. The van der Waals surface area contributed by atoms with Crippen LogP contribution in [-0.2, 0) is 4.74 Å². The maximum Gasteiger partial charge on any atom is 0.102 e. The number of nitrogens with one attached hydrogen (secondary N) is 1. The van der Waals surface area contributed by atoms with Crippen LogP contribution in [0.4, 0.5) is 0 Å². The molecule has 0 aromatic carbocycles. The third-order valence-corrected chi connectivity index (χ3v) is 2.90. The van der Waals surface area contributed by atoms with Crippen LogP contribution >= 0.6 is 0 Å². The molecule has 0 aromatic rings. The summed E-state index contributed by atoms with van der Waals surface area (Å²) in [5.41, 5.74) is 0. The zero-order chi connectivity index (χ0) is 17.8. The molecule has 0 amide bonds. The van der Waals surface area contributed by atoms with Crippen molar-refractivity contribution in [2.75, 3.05) is 7.11 Å². The Morgan fingerprint density at radius 1 is 0.952 bits per heavy atom. The number of rotatable bonds is 8. The molecule has 0 rings (SSSR count). The fourth-order valence-electron chi connectivity index (χ4n) is 2.12. The topological polar surface area (TPSA) is 41.5 Å². The van der Waals surface area contributed by atoms with Crippen LogP contribution in [0.3, 0.4) is 0 Å². The number of ether oxygens (including phenoxy) is 1. The molecule has 4 unspecified atom stereocenters. The Labute approximate surface area is 135 Å². The van der Waals surface area contributed by atoms with Crippen molar-refractivity contribution in [2.45, 2.75) is 107 Å². The summed E-state index contributed by atoms with van der Waals surface area (Å²) in [5.74, 6) is 0.523. The summed E-state index contributed by atoms with van der Waals surface area (Å²) in [6.45, 7) is 20.3. The van der Waals surface area contributed by atoms with Gasteiger partial charge in [-0.25, -0.2) is 0 Å². The van der Waals surface area contributed by atoms with Gasteiger partial charge in [-0.1, -0.05) is 68.7 Å². The second-order valence-corrected chi connectivity index (χ2v) is 4.32. The Morgan fingerprint density at radius 3 is 1.62 bits per heavy atom. The van der Waals surface area contributed by atoms with E-state index >= 15 is 0 Å². The average molecular weight is 308 g/mol. The van der Waals surface area contributed by atoms with Crippen molar-refractivity contribution in [1.82, 2.24) is 5.32 Å². The van der Waals surface area contributed by atoms with Crippen LogP contribution in [0, 0.1) is 5.92 Å². The SMILES string of the molecule is CC.CC.CC.CCCC(C)C(NC(C)O)C(CC)OC. The summed E-state index contributed by atoms with van der Waals surface area (Å²) in [6, 6.07) is 0.236. The van der Waals surface area contributed by atoms with E-state index in [0.717, 1.165) is 12.8 Å². The predicted molar refractivity (Wildman–Crippen MR) is 97.8 cm³/mol. The van der Waals surface area contributed by atoms with Crippen LogP contribution in [0.5, 0.6) is 0 Å². The summed E-state index contributed by atoms with van der Waals surface area (Å²) >= 11 is 0. The third-order valence-electron chi connectivity index (χ3n) is 2.90. The molecule has 4 atom stereocenters. The van der Waals surface area contributed by atoms with Gasteiger partial charge in [-0.3, -0.25) is 5.32 Å². The van der Waals surface area contributed by atoms with E-state index in [1.807, 2.05) is 41.5 Å². The lowest BCUT2D eigenvalue weighted by molar-refractivity contribution is 0.0182. The highest BCUT2D eigenvalue weighted by Crippen LogP contribution is 2.18. The number of hydrogen-bond acceptors (Lipinski definition) is 3. The van der Waals surface area contributed by atoms with E-state index in [1.165, 1.54) is 6.42 Å². The third kappa shape index (κ3) is 17.8. The zero-order valence-corrected chi connectivity index (χ0v) is 16.8. The average Bonchev–Trinajstić information content (AvgIpc) is 2.53. The first-order chi connectivity index (χ1) is 10.1. The van der Waals surface area contributed by atoms with Gasteiger partial charge in [-0.2, -0.15) is 0 Å². The molecule has 0 aliphatic heterocycles. The molecule has 21 heavy (non-hydrogen) atoms. The van der Waals surface area contributed by atoms with E-state index in [4.69, 9.17) is 4.74 Å². The van der Waals surface area contributed by atoms with E-state index in [0.29, 0.717) is 5.92 Å². The minimum atomic E-state index is -0.474. The van der Waals surface area contributed by atoms with Crippen molar-refractivity contribution in [2.24, 2.45) is 5.92 Å². The molecule has 0 bridgehead atoms. The van der Waals surface area contributed by atoms with Gasteiger partial charge >= 0.3 is 0 Å². The molecule has 3 nitrogen and oxygen atoms in total.